The Morgan fingerprint density at radius 2 is 2.50 bits per heavy atom. The van der Waals surface area contributed by atoms with Crippen molar-refractivity contribution in [2.45, 2.75) is 25.0 Å². The molecule has 0 aliphatic carbocycles. The van der Waals surface area contributed by atoms with Crippen LogP contribution in [0.25, 0.3) is 0 Å². The molecule has 0 aromatic rings. The average Bonchev–Trinajstić information content (AvgIpc) is 2.05. The molecule has 10 heavy (non-hydrogen) atoms. The van der Waals surface area contributed by atoms with Crippen molar-refractivity contribution in [3.05, 3.63) is 0 Å². The maximum absolute atomic E-state index is 5.44. The summed E-state index contributed by atoms with van der Waals surface area (Å²) in [5.41, 5.74) is 5.44. The third kappa shape index (κ3) is 1.94. The molecule has 3 nitrogen and oxygen atoms in total. The zero-order valence-electron chi connectivity index (χ0n) is 6.38. The Labute approximate surface area is 61.5 Å². The minimum Gasteiger partial charge on any atom is -0.381 e. The van der Waals surface area contributed by atoms with Gasteiger partial charge >= 0.3 is 0 Å². The van der Waals surface area contributed by atoms with Gasteiger partial charge in [0.05, 0.1) is 12.2 Å². The lowest BCUT2D eigenvalue weighted by Gasteiger charge is -2.27. The Balaban J connectivity index is 2.25. The fourth-order valence-electron chi connectivity index (χ4n) is 1.22. The van der Waals surface area contributed by atoms with Crippen LogP contribution in [0.2, 0.25) is 0 Å². The smallest absolute Gasteiger partial charge is 0.0722 e. The molecule has 0 radical (unpaired) electrons. The van der Waals surface area contributed by atoms with Crippen LogP contribution < -0.4 is 5.73 Å². The second-order valence-electron chi connectivity index (χ2n) is 2.61. The highest BCUT2D eigenvalue weighted by atomic mass is 16.5. The van der Waals surface area contributed by atoms with Crippen LogP contribution >= 0.6 is 0 Å². The third-order valence-electron chi connectivity index (χ3n) is 1.92. The molecule has 0 aromatic heterocycles. The molecule has 3 heteroatoms. The molecule has 2 atom stereocenters. The Morgan fingerprint density at radius 1 is 1.70 bits per heavy atom. The van der Waals surface area contributed by atoms with Crippen molar-refractivity contribution in [1.29, 1.82) is 0 Å². The van der Waals surface area contributed by atoms with Crippen LogP contribution in [0.1, 0.15) is 12.8 Å². The first kappa shape index (κ1) is 7.98. The van der Waals surface area contributed by atoms with E-state index in [2.05, 4.69) is 0 Å². The van der Waals surface area contributed by atoms with Crippen molar-refractivity contribution in [1.82, 2.24) is 0 Å². The van der Waals surface area contributed by atoms with Crippen molar-refractivity contribution in [2.24, 2.45) is 5.73 Å². The molecule has 1 aliphatic rings. The average molecular weight is 145 g/mol. The van der Waals surface area contributed by atoms with Gasteiger partial charge in [-0.2, -0.15) is 0 Å². The molecule has 0 amide bonds. The summed E-state index contributed by atoms with van der Waals surface area (Å²) in [4.78, 5) is 0. The Hall–Kier alpha value is -0.120. The molecule has 0 unspecified atom stereocenters. The van der Waals surface area contributed by atoms with E-state index >= 15 is 0 Å². The number of nitrogens with two attached hydrogens (primary N) is 1. The van der Waals surface area contributed by atoms with E-state index in [0.29, 0.717) is 12.6 Å². The van der Waals surface area contributed by atoms with Crippen LogP contribution in [0, 0.1) is 0 Å². The van der Waals surface area contributed by atoms with E-state index in [1.165, 1.54) is 0 Å². The molecule has 0 saturated carbocycles. The lowest BCUT2D eigenvalue weighted by atomic mass is 10.1. The minimum atomic E-state index is 0.221. The molecule has 1 saturated heterocycles. The summed E-state index contributed by atoms with van der Waals surface area (Å²) in [6.45, 7) is 1.40. The maximum Gasteiger partial charge on any atom is 0.0722 e. The van der Waals surface area contributed by atoms with Gasteiger partial charge in [0.15, 0.2) is 0 Å². The van der Waals surface area contributed by atoms with Crippen molar-refractivity contribution < 1.29 is 9.47 Å². The third-order valence-corrected chi connectivity index (χ3v) is 1.92. The number of hydrogen-bond acceptors (Lipinski definition) is 3. The van der Waals surface area contributed by atoms with Crippen LogP contribution in [0.5, 0.6) is 0 Å². The second kappa shape index (κ2) is 3.91. The lowest BCUT2D eigenvalue weighted by molar-refractivity contribution is -0.0540. The largest absolute Gasteiger partial charge is 0.381 e. The van der Waals surface area contributed by atoms with E-state index in [1.807, 2.05) is 0 Å². The van der Waals surface area contributed by atoms with E-state index in [4.69, 9.17) is 15.2 Å². The number of rotatable bonds is 2. The van der Waals surface area contributed by atoms with Crippen LogP contribution in [0.4, 0.5) is 0 Å². The SMILES string of the molecule is CO[C@H]1CCO[C@@H](CN)C1. The van der Waals surface area contributed by atoms with Crippen molar-refractivity contribution in [3.8, 4) is 0 Å². The summed E-state index contributed by atoms with van der Waals surface area (Å²) in [5, 5.41) is 0. The molecular weight excluding hydrogens is 130 g/mol. The topological polar surface area (TPSA) is 44.5 Å². The van der Waals surface area contributed by atoms with E-state index in [0.717, 1.165) is 19.4 Å². The predicted molar refractivity (Wildman–Crippen MR) is 38.8 cm³/mol. The summed E-state index contributed by atoms with van der Waals surface area (Å²) in [6.07, 6.45) is 2.54. The van der Waals surface area contributed by atoms with Gasteiger partial charge in [-0.3, -0.25) is 0 Å². The lowest BCUT2D eigenvalue weighted by Crippen LogP contribution is -2.35. The molecule has 0 bridgehead atoms. The molecule has 1 heterocycles. The molecule has 2 N–H and O–H groups in total. The van der Waals surface area contributed by atoms with Crippen molar-refractivity contribution in [2.75, 3.05) is 20.3 Å². The summed E-state index contributed by atoms with van der Waals surface area (Å²) in [6, 6.07) is 0. The summed E-state index contributed by atoms with van der Waals surface area (Å²) < 4.78 is 10.5. The Kier molecular flexibility index (Phi) is 3.12. The molecule has 60 valence electrons. The van der Waals surface area contributed by atoms with E-state index < -0.39 is 0 Å². The van der Waals surface area contributed by atoms with Gasteiger partial charge in [-0.05, 0) is 6.42 Å². The van der Waals surface area contributed by atoms with Crippen LogP contribution in [0.15, 0.2) is 0 Å². The molecular formula is C7H15NO2. The Morgan fingerprint density at radius 3 is 3.10 bits per heavy atom. The van der Waals surface area contributed by atoms with Gasteiger partial charge in [0.2, 0.25) is 0 Å². The predicted octanol–water partition coefficient (Wildman–Crippen LogP) is 0.139. The van der Waals surface area contributed by atoms with Gasteiger partial charge in [0.25, 0.3) is 0 Å². The van der Waals surface area contributed by atoms with Gasteiger partial charge < -0.3 is 15.2 Å². The Bertz CT molecular complexity index is 87.6. The van der Waals surface area contributed by atoms with Gasteiger partial charge in [-0.15, -0.1) is 0 Å². The molecule has 0 spiro atoms. The monoisotopic (exact) mass is 145 g/mol. The van der Waals surface area contributed by atoms with Gasteiger partial charge in [-0.1, -0.05) is 0 Å². The first-order chi connectivity index (χ1) is 4.86. The first-order valence-corrected chi connectivity index (χ1v) is 3.71. The van der Waals surface area contributed by atoms with E-state index in [-0.39, 0.29) is 6.10 Å². The quantitative estimate of drug-likeness (QED) is 0.601. The maximum atomic E-state index is 5.44. The zero-order chi connectivity index (χ0) is 7.40. The van der Waals surface area contributed by atoms with E-state index in [9.17, 15) is 0 Å². The minimum absolute atomic E-state index is 0.221. The van der Waals surface area contributed by atoms with E-state index in [1.54, 1.807) is 7.11 Å². The zero-order valence-corrected chi connectivity index (χ0v) is 6.38. The van der Waals surface area contributed by atoms with Crippen LogP contribution in [-0.4, -0.2) is 32.5 Å². The standard InChI is InChI=1S/C7H15NO2/c1-9-6-2-3-10-7(4-6)5-8/h6-7H,2-5,8H2,1H3/t6-,7+/m0/s1. The first-order valence-electron chi connectivity index (χ1n) is 3.71. The molecule has 0 aromatic carbocycles. The van der Waals surface area contributed by atoms with Gasteiger partial charge in [-0.25, -0.2) is 0 Å². The fraction of sp³-hybridized carbons (Fsp3) is 1.00. The number of hydrogen-bond donors (Lipinski definition) is 1. The summed E-state index contributed by atoms with van der Waals surface area (Å²) in [7, 11) is 1.74. The highest BCUT2D eigenvalue weighted by Crippen LogP contribution is 2.14. The van der Waals surface area contributed by atoms with Crippen LogP contribution in [-0.2, 0) is 9.47 Å². The molecule has 1 fully saturated rings. The number of ether oxygens (including phenoxy) is 2. The molecule has 1 rings (SSSR count). The van der Waals surface area contributed by atoms with Gasteiger partial charge in [0, 0.05) is 26.7 Å². The highest BCUT2D eigenvalue weighted by molar-refractivity contribution is 4.71. The molecule has 1 aliphatic heterocycles. The normalized spacial score (nSPS) is 34.2. The van der Waals surface area contributed by atoms with Crippen LogP contribution in [0.3, 0.4) is 0 Å². The second-order valence-corrected chi connectivity index (χ2v) is 2.61. The van der Waals surface area contributed by atoms with Crippen molar-refractivity contribution in [3.63, 3.8) is 0 Å². The fourth-order valence-corrected chi connectivity index (χ4v) is 1.22. The van der Waals surface area contributed by atoms with Crippen molar-refractivity contribution >= 4 is 0 Å². The number of methoxy groups -OCH3 is 1. The summed E-state index contributed by atoms with van der Waals surface area (Å²) >= 11 is 0. The highest BCUT2D eigenvalue weighted by Gasteiger charge is 2.20. The summed E-state index contributed by atoms with van der Waals surface area (Å²) in [5.74, 6) is 0. The van der Waals surface area contributed by atoms with Gasteiger partial charge in [0.1, 0.15) is 0 Å².